The van der Waals surface area contributed by atoms with Gasteiger partial charge in [-0.25, -0.2) is 13.8 Å². The van der Waals surface area contributed by atoms with Crippen LogP contribution in [0.25, 0.3) is 0 Å². The van der Waals surface area contributed by atoms with Gasteiger partial charge in [0.2, 0.25) is 11.7 Å². The Hall–Kier alpha value is -3.75. The van der Waals surface area contributed by atoms with Crippen molar-refractivity contribution in [1.29, 1.82) is 0 Å². The molecule has 0 aliphatic heterocycles. The first-order chi connectivity index (χ1) is 15.1. The molecule has 2 aromatic heterocycles. The van der Waals surface area contributed by atoms with Gasteiger partial charge in [0.1, 0.15) is 5.82 Å². The molecule has 3 rings (SSSR count). The summed E-state index contributed by atoms with van der Waals surface area (Å²) in [5.74, 6) is -2.88. The molecular formula is C17H13BrF4N6O4. The van der Waals surface area contributed by atoms with Crippen molar-refractivity contribution in [3.8, 4) is 0 Å². The number of nitrogens with one attached hydrogen (secondary N) is 2. The number of rotatable bonds is 5. The summed E-state index contributed by atoms with van der Waals surface area (Å²) in [6, 6.07) is 7.94. The van der Waals surface area contributed by atoms with E-state index < -0.39 is 18.0 Å². The third-order valence-electron chi connectivity index (χ3n) is 3.45. The molecule has 0 saturated carbocycles. The molecule has 170 valence electrons. The van der Waals surface area contributed by atoms with Crippen LogP contribution in [0.5, 0.6) is 0 Å². The van der Waals surface area contributed by atoms with Crippen LogP contribution in [0.4, 0.5) is 29.1 Å². The number of carboxylic acids is 1. The molecule has 0 atom stereocenters. The predicted molar refractivity (Wildman–Crippen MR) is 106 cm³/mol. The summed E-state index contributed by atoms with van der Waals surface area (Å²) in [7, 11) is 0. The molecule has 4 N–H and O–H groups in total. The largest absolute Gasteiger partial charge is 0.490 e. The van der Waals surface area contributed by atoms with Crippen molar-refractivity contribution >= 4 is 39.2 Å². The van der Waals surface area contributed by atoms with Gasteiger partial charge in [0.25, 0.3) is 0 Å². The second-order valence-electron chi connectivity index (χ2n) is 5.68. The lowest BCUT2D eigenvalue weighted by Crippen LogP contribution is -2.21. The highest BCUT2D eigenvalue weighted by Crippen LogP contribution is 2.21. The maximum Gasteiger partial charge on any atom is 0.490 e. The third-order valence-corrected chi connectivity index (χ3v) is 4.05. The van der Waals surface area contributed by atoms with E-state index in [0.29, 0.717) is 18.1 Å². The van der Waals surface area contributed by atoms with Crippen molar-refractivity contribution in [1.82, 2.24) is 15.3 Å². The third kappa shape index (κ3) is 7.19. The number of hydrogen-bond acceptors (Lipinski definition) is 8. The van der Waals surface area contributed by atoms with Gasteiger partial charge in [0.15, 0.2) is 5.69 Å². The number of carboxylic acid groups (broad SMARTS) is 1. The first-order valence-corrected chi connectivity index (χ1v) is 9.11. The summed E-state index contributed by atoms with van der Waals surface area (Å²) in [6.45, 7) is 0.449. The number of nitrogens with zero attached hydrogens (tertiary/aromatic N) is 4. The number of hydrogen-bond donors (Lipinski definition) is 4. The van der Waals surface area contributed by atoms with E-state index in [-0.39, 0.29) is 16.0 Å². The van der Waals surface area contributed by atoms with Crippen LogP contribution in [0.3, 0.4) is 0 Å². The average molecular weight is 521 g/mol. The average Bonchev–Trinajstić information content (AvgIpc) is 3.22. The first kappa shape index (κ1) is 24.5. The van der Waals surface area contributed by atoms with Gasteiger partial charge in [0.05, 0.1) is 4.47 Å². The molecule has 0 aliphatic carbocycles. The Morgan fingerprint density at radius 3 is 2.41 bits per heavy atom. The van der Waals surface area contributed by atoms with Crippen LogP contribution in [0.1, 0.15) is 11.3 Å². The van der Waals surface area contributed by atoms with Crippen LogP contribution < -0.4 is 10.6 Å². The zero-order valence-corrected chi connectivity index (χ0v) is 17.2. The fourth-order valence-electron chi connectivity index (χ4n) is 1.99. The molecular weight excluding hydrogens is 508 g/mol. The zero-order chi connectivity index (χ0) is 23.7. The van der Waals surface area contributed by atoms with E-state index in [9.17, 15) is 22.8 Å². The summed E-state index contributed by atoms with van der Waals surface area (Å²) in [5.41, 5.74) is 1.64. The molecule has 2 heterocycles. The summed E-state index contributed by atoms with van der Waals surface area (Å²) < 4.78 is 50.0. The van der Waals surface area contributed by atoms with E-state index in [1.54, 1.807) is 12.4 Å². The standard InChI is InChI=1S/C15H12BrFN6O2.C2HF3O2/c16-11-7-10(1-2-12(11)17)20-15(21-24)13-14(23-25-22-13)19-8-9-3-5-18-6-4-9;3-2(4,5)1(6)7/h1-7,24H,8H2,(H,19,23)(H,20,21);(H,6,7). The highest BCUT2D eigenvalue weighted by Gasteiger charge is 2.38. The minimum absolute atomic E-state index is 0.00279. The fraction of sp³-hybridized carbons (Fsp3) is 0.118. The molecule has 10 nitrogen and oxygen atoms in total. The molecule has 0 spiro atoms. The molecule has 0 amide bonds. The Morgan fingerprint density at radius 1 is 1.19 bits per heavy atom. The number of amidine groups is 1. The maximum atomic E-state index is 13.3. The van der Waals surface area contributed by atoms with Crippen molar-refractivity contribution < 1.29 is 37.3 Å². The molecule has 0 fully saturated rings. The van der Waals surface area contributed by atoms with Crippen LogP contribution in [0, 0.1) is 5.82 Å². The van der Waals surface area contributed by atoms with Crippen LogP contribution >= 0.6 is 15.9 Å². The van der Waals surface area contributed by atoms with Gasteiger partial charge in [-0.15, -0.1) is 0 Å². The Labute approximate surface area is 185 Å². The number of pyridine rings is 1. The second-order valence-corrected chi connectivity index (χ2v) is 6.53. The quantitative estimate of drug-likeness (QED) is 0.129. The monoisotopic (exact) mass is 520 g/mol. The Balaban J connectivity index is 0.000000451. The maximum absolute atomic E-state index is 13.3. The predicted octanol–water partition coefficient (Wildman–Crippen LogP) is 3.86. The van der Waals surface area contributed by atoms with E-state index >= 15 is 0 Å². The topological polar surface area (TPSA) is 146 Å². The van der Waals surface area contributed by atoms with Gasteiger partial charge in [0, 0.05) is 24.6 Å². The minimum atomic E-state index is -5.08. The highest BCUT2D eigenvalue weighted by atomic mass is 79.9. The lowest BCUT2D eigenvalue weighted by molar-refractivity contribution is -0.192. The van der Waals surface area contributed by atoms with Crippen LogP contribution in [0.15, 0.2) is 57.0 Å². The van der Waals surface area contributed by atoms with E-state index in [4.69, 9.17) is 14.5 Å². The Bertz CT molecular complexity index is 1080. The van der Waals surface area contributed by atoms with Crippen molar-refractivity contribution in [3.05, 3.63) is 64.3 Å². The number of anilines is 2. The van der Waals surface area contributed by atoms with Crippen molar-refractivity contribution in [3.63, 3.8) is 0 Å². The van der Waals surface area contributed by atoms with Gasteiger partial charge < -0.3 is 20.9 Å². The molecule has 32 heavy (non-hydrogen) atoms. The molecule has 0 aliphatic rings. The molecule has 0 bridgehead atoms. The summed E-state index contributed by atoms with van der Waals surface area (Å²) >= 11 is 3.09. The van der Waals surface area contributed by atoms with Crippen LogP contribution in [0.2, 0.25) is 0 Å². The van der Waals surface area contributed by atoms with E-state index in [1.165, 1.54) is 18.2 Å². The lowest BCUT2D eigenvalue weighted by atomic mass is 10.2. The first-order valence-electron chi connectivity index (χ1n) is 8.31. The van der Waals surface area contributed by atoms with Gasteiger partial charge in [-0.1, -0.05) is 5.16 Å². The fourth-order valence-corrected chi connectivity index (χ4v) is 2.37. The molecule has 3 aromatic rings. The number of halogens is 5. The van der Waals surface area contributed by atoms with Gasteiger partial charge in [-0.2, -0.15) is 13.2 Å². The smallest absolute Gasteiger partial charge is 0.475 e. The molecule has 0 radical (unpaired) electrons. The van der Waals surface area contributed by atoms with Gasteiger partial charge >= 0.3 is 12.1 Å². The van der Waals surface area contributed by atoms with Crippen molar-refractivity contribution in [2.45, 2.75) is 12.7 Å². The highest BCUT2D eigenvalue weighted by molar-refractivity contribution is 9.10. The van der Waals surface area contributed by atoms with Crippen LogP contribution in [-0.4, -0.2) is 43.6 Å². The lowest BCUT2D eigenvalue weighted by Gasteiger charge is -2.08. The summed E-state index contributed by atoms with van der Waals surface area (Å²) in [4.78, 5) is 12.8. The zero-order valence-electron chi connectivity index (χ0n) is 15.6. The van der Waals surface area contributed by atoms with Gasteiger partial charge in [-0.05, 0) is 62.1 Å². The Kier molecular flexibility index (Phi) is 8.46. The molecule has 0 unspecified atom stereocenters. The summed E-state index contributed by atoms with van der Waals surface area (Å²) in [6.07, 6.45) is -1.74. The number of benzene rings is 1. The number of oxime groups is 1. The second kappa shape index (κ2) is 11.0. The molecule has 0 saturated heterocycles. The molecule has 1 aromatic carbocycles. The van der Waals surface area contributed by atoms with Crippen LogP contribution in [-0.2, 0) is 11.3 Å². The minimum Gasteiger partial charge on any atom is -0.475 e. The normalized spacial score (nSPS) is 11.3. The van der Waals surface area contributed by atoms with Gasteiger partial charge in [-0.3, -0.25) is 4.98 Å². The number of aliphatic carboxylic acids is 1. The number of aromatic nitrogens is 3. The number of alkyl halides is 3. The Morgan fingerprint density at radius 2 is 1.84 bits per heavy atom. The SMILES string of the molecule is O=C(O)C(F)(F)F.ON=C(Nc1ccc(F)c(Br)c1)c1nonc1NCc1ccncc1. The summed E-state index contributed by atoms with van der Waals surface area (Å²) in [5, 5.41) is 32.9. The van der Waals surface area contributed by atoms with E-state index in [1.807, 2.05) is 12.1 Å². The van der Waals surface area contributed by atoms with Crippen molar-refractivity contribution in [2.75, 3.05) is 10.6 Å². The van der Waals surface area contributed by atoms with E-state index in [2.05, 4.69) is 47.0 Å². The number of carbonyl (C=O) groups is 1. The van der Waals surface area contributed by atoms with Crippen molar-refractivity contribution in [2.24, 2.45) is 5.16 Å². The van der Waals surface area contributed by atoms with E-state index in [0.717, 1.165) is 5.56 Å². The molecule has 15 heteroatoms.